The largest absolute Gasteiger partial charge is 0.497 e. The number of nitrogens with one attached hydrogen (secondary N) is 2. The van der Waals surface area contributed by atoms with Crippen molar-refractivity contribution in [2.45, 2.75) is 12.5 Å². The van der Waals surface area contributed by atoms with Crippen molar-refractivity contribution in [2.24, 2.45) is 0 Å². The van der Waals surface area contributed by atoms with Crippen molar-refractivity contribution in [3.63, 3.8) is 0 Å². The SMILES string of the molecule is COc1cccc(NC(=O)N[C@@H](Cc2ccccc2)C(=O)N(C)C)c1. The molecule has 3 amide bonds. The summed E-state index contributed by atoms with van der Waals surface area (Å²) >= 11 is 0. The second-order valence-corrected chi connectivity index (χ2v) is 5.81. The van der Waals surface area contributed by atoms with Crippen molar-refractivity contribution in [3.05, 3.63) is 60.2 Å². The van der Waals surface area contributed by atoms with Crippen LogP contribution in [0.1, 0.15) is 5.56 Å². The molecule has 0 aliphatic heterocycles. The molecule has 0 aliphatic rings. The van der Waals surface area contributed by atoms with Gasteiger partial charge in [0, 0.05) is 32.3 Å². The molecule has 25 heavy (non-hydrogen) atoms. The van der Waals surface area contributed by atoms with E-state index >= 15 is 0 Å². The fraction of sp³-hybridized carbons (Fsp3) is 0.263. The van der Waals surface area contributed by atoms with E-state index in [0.29, 0.717) is 17.9 Å². The first-order valence-electron chi connectivity index (χ1n) is 7.96. The first-order valence-corrected chi connectivity index (χ1v) is 7.96. The van der Waals surface area contributed by atoms with E-state index in [2.05, 4.69) is 10.6 Å². The number of nitrogens with zero attached hydrogens (tertiary/aromatic N) is 1. The number of benzene rings is 2. The zero-order valence-corrected chi connectivity index (χ0v) is 14.7. The maximum atomic E-state index is 12.4. The van der Waals surface area contributed by atoms with Crippen LogP contribution >= 0.6 is 0 Å². The van der Waals surface area contributed by atoms with E-state index in [0.717, 1.165) is 5.56 Å². The molecule has 0 saturated carbocycles. The molecule has 132 valence electrons. The van der Waals surface area contributed by atoms with Gasteiger partial charge in [0.15, 0.2) is 0 Å². The molecule has 6 heteroatoms. The van der Waals surface area contributed by atoms with Crippen molar-refractivity contribution >= 4 is 17.6 Å². The van der Waals surface area contributed by atoms with E-state index in [1.807, 2.05) is 30.3 Å². The van der Waals surface area contributed by atoms with Gasteiger partial charge in [-0.2, -0.15) is 0 Å². The second-order valence-electron chi connectivity index (χ2n) is 5.81. The van der Waals surface area contributed by atoms with E-state index in [4.69, 9.17) is 4.74 Å². The number of hydrogen-bond donors (Lipinski definition) is 2. The Labute approximate surface area is 147 Å². The summed E-state index contributed by atoms with van der Waals surface area (Å²) in [6, 6.07) is 15.5. The van der Waals surface area contributed by atoms with Crippen LogP contribution in [0.15, 0.2) is 54.6 Å². The lowest BCUT2D eigenvalue weighted by atomic mass is 10.1. The number of carbonyl (C=O) groups excluding carboxylic acids is 2. The van der Waals surface area contributed by atoms with E-state index in [1.54, 1.807) is 45.5 Å². The summed E-state index contributed by atoms with van der Waals surface area (Å²) in [5.41, 5.74) is 1.57. The summed E-state index contributed by atoms with van der Waals surface area (Å²) < 4.78 is 5.13. The summed E-state index contributed by atoms with van der Waals surface area (Å²) in [5.74, 6) is 0.479. The predicted octanol–water partition coefficient (Wildman–Crippen LogP) is 2.52. The second kappa shape index (κ2) is 8.73. The Bertz CT molecular complexity index is 717. The van der Waals surface area contributed by atoms with Gasteiger partial charge in [-0.15, -0.1) is 0 Å². The lowest BCUT2D eigenvalue weighted by Gasteiger charge is -2.22. The van der Waals surface area contributed by atoms with Crippen LogP contribution in [0.4, 0.5) is 10.5 Å². The molecule has 0 radical (unpaired) electrons. The number of amides is 3. The molecule has 0 unspecified atom stereocenters. The maximum absolute atomic E-state index is 12.4. The van der Waals surface area contributed by atoms with Crippen LogP contribution in [0.3, 0.4) is 0 Å². The Hall–Kier alpha value is -3.02. The van der Waals surface area contributed by atoms with Gasteiger partial charge >= 0.3 is 6.03 Å². The van der Waals surface area contributed by atoms with Crippen LogP contribution in [0.2, 0.25) is 0 Å². The van der Waals surface area contributed by atoms with E-state index in [-0.39, 0.29) is 5.91 Å². The Kier molecular flexibility index (Phi) is 6.39. The molecule has 0 heterocycles. The molecule has 2 rings (SSSR count). The highest BCUT2D eigenvalue weighted by atomic mass is 16.5. The first-order chi connectivity index (χ1) is 12.0. The summed E-state index contributed by atoms with van der Waals surface area (Å²) in [7, 11) is 4.90. The van der Waals surface area contributed by atoms with Crippen molar-refractivity contribution in [3.8, 4) is 5.75 Å². The number of anilines is 1. The molecular weight excluding hydrogens is 318 g/mol. The van der Waals surface area contributed by atoms with E-state index < -0.39 is 12.1 Å². The Balaban J connectivity index is 2.06. The number of ether oxygens (including phenoxy) is 1. The lowest BCUT2D eigenvalue weighted by molar-refractivity contribution is -0.130. The number of carbonyl (C=O) groups is 2. The number of rotatable bonds is 6. The van der Waals surface area contributed by atoms with Gasteiger partial charge in [0.05, 0.1) is 7.11 Å². The van der Waals surface area contributed by atoms with Crippen molar-refractivity contribution in [2.75, 3.05) is 26.5 Å². The number of urea groups is 1. The van der Waals surface area contributed by atoms with Crippen molar-refractivity contribution in [1.29, 1.82) is 0 Å². The van der Waals surface area contributed by atoms with E-state index in [9.17, 15) is 9.59 Å². The van der Waals surface area contributed by atoms with Crippen LogP contribution < -0.4 is 15.4 Å². The van der Waals surface area contributed by atoms with Gasteiger partial charge in [-0.1, -0.05) is 36.4 Å². The van der Waals surface area contributed by atoms with Crippen LogP contribution in [-0.4, -0.2) is 44.1 Å². The average Bonchev–Trinajstić information content (AvgIpc) is 2.61. The topological polar surface area (TPSA) is 70.7 Å². The number of hydrogen-bond acceptors (Lipinski definition) is 3. The maximum Gasteiger partial charge on any atom is 0.319 e. The van der Waals surface area contributed by atoms with Crippen LogP contribution in [0.25, 0.3) is 0 Å². The monoisotopic (exact) mass is 341 g/mol. The molecule has 2 N–H and O–H groups in total. The van der Waals surface area contributed by atoms with Crippen molar-refractivity contribution in [1.82, 2.24) is 10.2 Å². The zero-order valence-electron chi connectivity index (χ0n) is 14.7. The molecular formula is C19H23N3O3. The molecule has 6 nitrogen and oxygen atoms in total. The molecule has 0 aliphatic carbocycles. The standard InChI is InChI=1S/C19H23N3O3/c1-22(2)18(23)17(12-14-8-5-4-6-9-14)21-19(24)20-15-10-7-11-16(13-15)25-3/h4-11,13,17H,12H2,1-3H3,(H2,20,21,24)/t17-/m0/s1. The van der Waals surface area contributed by atoms with Crippen LogP contribution in [0.5, 0.6) is 5.75 Å². The number of methoxy groups -OCH3 is 1. The lowest BCUT2D eigenvalue weighted by Crippen LogP contribution is -2.48. The highest BCUT2D eigenvalue weighted by Gasteiger charge is 2.22. The molecule has 1 atom stereocenters. The van der Waals surface area contributed by atoms with Gasteiger partial charge < -0.3 is 20.3 Å². The van der Waals surface area contributed by atoms with Gasteiger partial charge in [0.2, 0.25) is 5.91 Å². The number of likely N-dealkylation sites (N-methyl/N-ethyl adjacent to an activating group) is 1. The Morgan fingerprint density at radius 3 is 2.44 bits per heavy atom. The average molecular weight is 341 g/mol. The molecule has 0 aromatic heterocycles. The first kappa shape index (κ1) is 18.3. The third-order valence-corrected chi connectivity index (χ3v) is 3.65. The zero-order chi connectivity index (χ0) is 18.2. The molecule has 0 saturated heterocycles. The highest BCUT2D eigenvalue weighted by Crippen LogP contribution is 2.16. The predicted molar refractivity (Wildman–Crippen MR) is 97.8 cm³/mol. The molecule has 0 bridgehead atoms. The summed E-state index contributed by atoms with van der Waals surface area (Å²) in [5, 5.41) is 5.48. The van der Waals surface area contributed by atoms with Gasteiger partial charge in [-0.3, -0.25) is 4.79 Å². The third kappa shape index (κ3) is 5.53. The molecule has 2 aromatic rings. The minimum atomic E-state index is -0.650. The van der Waals surface area contributed by atoms with Gasteiger partial charge in [-0.25, -0.2) is 4.79 Å². The fourth-order valence-electron chi connectivity index (χ4n) is 2.39. The van der Waals surface area contributed by atoms with Gasteiger partial charge in [0.1, 0.15) is 11.8 Å². The Morgan fingerprint density at radius 1 is 1.08 bits per heavy atom. The minimum absolute atomic E-state index is 0.162. The van der Waals surface area contributed by atoms with Gasteiger partial charge in [-0.05, 0) is 17.7 Å². The minimum Gasteiger partial charge on any atom is -0.497 e. The summed E-state index contributed by atoms with van der Waals surface area (Å²) in [4.78, 5) is 26.2. The molecule has 0 spiro atoms. The normalized spacial score (nSPS) is 11.3. The van der Waals surface area contributed by atoms with Crippen LogP contribution in [0, 0.1) is 0 Å². The fourth-order valence-corrected chi connectivity index (χ4v) is 2.39. The Morgan fingerprint density at radius 2 is 1.80 bits per heavy atom. The summed E-state index contributed by atoms with van der Waals surface area (Å²) in [6.45, 7) is 0. The summed E-state index contributed by atoms with van der Waals surface area (Å²) in [6.07, 6.45) is 0.420. The third-order valence-electron chi connectivity index (χ3n) is 3.65. The smallest absolute Gasteiger partial charge is 0.319 e. The van der Waals surface area contributed by atoms with Crippen LogP contribution in [-0.2, 0) is 11.2 Å². The van der Waals surface area contributed by atoms with E-state index in [1.165, 1.54) is 4.90 Å². The quantitative estimate of drug-likeness (QED) is 0.848. The highest BCUT2D eigenvalue weighted by molar-refractivity contribution is 5.93. The van der Waals surface area contributed by atoms with Crippen molar-refractivity contribution < 1.29 is 14.3 Å². The molecule has 0 fully saturated rings. The van der Waals surface area contributed by atoms with Gasteiger partial charge in [0.25, 0.3) is 0 Å². The molecule has 2 aromatic carbocycles.